The molecule has 1 heterocycles. The van der Waals surface area contributed by atoms with E-state index in [1.807, 2.05) is 0 Å². The Morgan fingerprint density at radius 3 is 3.05 bits per heavy atom. The summed E-state index contributed by atoms with van der Waals surface area (Å²) in [6.07, 6.45) is 9.00. The number of aromatic nitrogens is 2. The maximum Gasteiger partial charge on any atom is 0.186 e. The summed E-state index contributed by atoms with van der Waals surface area (Å²) < 4.78 is 7.53. The Kier molecular flexibility index (Phi) is 5.34. The van der Waals surface area contributed by atoms with E-state index in [0.29, 0.717) is 25.3 Å². The molecule has 0 bridgehead atoms. The maximum atomic E-state index is 12.4. The minimum Gasteiger partial charge on any atom is -0.383 e. The topological polar surface area (TPSA) is 44.1 Å². The minimum absolute atomic E-state index is 0.133. The second-order valence-corrected chi connectivity index (χ2v) is 5.62. The van der Waals surface area contributed by atoms with Crippen molar-refractivity contribution in [2.24, 2.45) is 0 Å². The summed E-state index contributed by atoms with van der Waals surface area (Å²) >= 11 is 3.41. The number of hydrogen-bond donors (Lipinski definition) is 0. The number of allylic oxidation sites excluding steroid dienone is 2. The SMILES string of the molecule is COCCn1ncc(Br)c1C(=O)CC1=CCCCC1. The van der Waals surface area contributed by atoms with Crippen LogP contribution in [0.25, 0.3) is 0 Å². The number of Topliss-reactive ketones (excluding diaryl/α,β-unsaturated/α-hetero) is 1. The Balaban J connectivity index is 2.09. The molecule has 19 heavy (non-hydrogen) atoms. The Labute approximate surface area is 122 Å². The molecule has 0 fully saturated rings. The molecule has 104 valence electrons. The molecular formula is C14H19BrN2O2. The lowest BCUT2D eigenvalue weighted by Gasteiger charge is -2.12. The van der Waals surface area contributed by atoms with Crippen molar-refractivity contribution in [3.05, 3.63) is 28.0 Å². The van der Waals surface area contributed by atoms with Gasteiger partial charge in [0.1, 0.15) is 5.69 Å². The Hall–Kier alpha value is -0.940. The zero-order valence-corrected chi connectivity index (χ0v) is 12.8. The molecule has 4 nitrogen and oxygen atoms in total. The third kappa shape index (κ3) is 3.76. The largest absolute Gasteiger partial charge is 0.383 e. The highest BCUT2D eigenvalue weighted by atomic mass is 79.9. The predicted molar refractivity (Wildman–Crippen MR) is 77.3 cm³/mol. The molecule has 0 saturated carbocycles. The molecule has 0 atom stereocenters. The summed E-state index contributed by atoms with van der Waals surface area (Å²) in [7, 11) is 1.65. The normalized spacial score (nSPS) is 15.4. The van der Waals surface area contributed by atoms with Crippen LogP contribution < -0.4 is 0 Å². The number of carbonyl (C=O) groups excluding carboxylic acids is 1. The number of halogens is 1. The average Bonchev–Trinajstić information content (AvgIpc) is 2.78. The number of hydrogen-bond acceptors (Lipinski definition) is 3. The lowest BCUT2D eigenvalue weighted by Crippen LogP contribution is -2.15. The van der Waals surface area contributed by atoms with Crippen LogP contribution in [0.1, 0.15) is 42.6 Å². The summed E-state index contributed by atoms with van der Waals surface area (Å²) in [5.74, 6) is 0.133. The molecule has 2 rings (SSSR count). The zero-order chi connectivity index (χ0) is 13.7. The van der Waals surface area contributed by atoms with Crippen LogP contribution in [0.15, 0.2) is 22.3 Å². The highest BCUT2D eigenvalue weighted by Gasteiger charge is 2.18. The zero-order valence-electron chi connectivity index (χ0n) is 11.2. The number of rotatable bonds is 6. The van der Waals surface area contributed by atoms with Gasteiger partial charge in [0.15, 0.2) is 5.78 Å². The summed E-state index contributed by atoms with van der Waals surface area (Å²) in [5.41, 5.74) is 1.92. The van der Waals surface area contributed by atoms with Crippen LogP contribution in [0.5, 0.6) is 0 Å². The van der Waals surface area contributed by atoms with Gasteiger partial charge in [-0.1, -0.05) is 11.6 Å². The number of ether oxygens (including phenoxy) is 1. The molecule has 0 aromatic carbocycles. The van der Waals surface area contributed by atoms with Gasteiger partial charge < -0.3 is 4.74 Å². The average molecular weight is 327 g/mol. The molecule has 1 aromatic heterocycles. The second kappa shape index (κ2) is 7.01. The van der Waals surface area contributed by atoms with Crippen molar-refractivity contribution >= 4 is 21.7 Å². The van der Waals surface area contributed by atoms with Gasteiger partial charge in [-0.2, -0.15) is 5.10 Å². The molecule has 0 N–H and O–H groups in total. The van der Waals surface area contributed by atoms with Gasteiger partial charge in [-0.15, -0.1) is 0 Å². The fraction of sp³-hybridized carbons (Fsp3) is 0.571. The molecular weight excluding hydrogens is 308 g/mol. The number of carbonyl (C=O) groups is 1. The molecule has 0 unspecified atom stereocenters. The van der Waals surface area contributed by atoms with Gasteiger partial charge >= 0.3 is 0 Å². The van der Waals surface area contributed by atoms with Crippen molar-refractivity contribution < 1.29 is 9.53 Å². The highest BCUT2D eigenvalue weighted by Crippen LogP contribution is 2.24. The fourth-order valence-corrected chi connectivity index (χ4v) is 2.86. The summed E-state index contributed by atoms with van der Waals surface area (Å²) in [6, 6.07) is 0. The van der Waals surface area contributed by atoms with Crippen LogP contribution in [0.3, 0.4) is 0 Å². The van der Waals surface area contributed by atoms with Crippen LogP contribution in [0.2, 0.25) is 0 Å². The van der Waals surface area contributed by atoms with Gasteiger partial charge in [0.05, 0.1) is 23.8 Å². The van der Waals surface area contributed by atoms with E-state index in [4.69, 9.17) is 4.74 Å². The lowest BCUT2D eigenvalue weighted by atomic mass is 9.95. The third-order valence-corrected chi connectivity index (χ3v) is 3.92. The number of ketones is 1. The van der Waals surface area contributed by atoms with Gasteiger partial charge in [-0.05, 0) is 41.6 Å². The standard InChI is InChI=1S/C14H19BrN2O2/c1-19-8-7-17-14(12(15)10-16-17)13(18)9-11-5-3-2-4-6-11/h5,10H,2-4,6-9H2,1H3. The van der Waals surface area contributed by atoms with Crippen molar-refractivity contribution in [2.75, 3.05) is 13.7 Å². The van der Waals surface area contributed by atoms with E-state index >= 15 is 0 Å². The molecule has 1 aromatic rings. The second-order valence-electron chi connectivity index (χ2n) is 4.77. The highest BCUT2D eigenvalue weighted by molar-refractivity contribution is 9.10. The molecule has 0 aliphatic heterocycles. The van der Waals surface area contributed by atoms with Crippen molar-refractivity contribution in [3.8, 4) is 0 Å². The monoisotopic (exact) mass is 326 g/mol. The van der Waals surface area contributed by atoms with E-state index in [1.165, 1.54) is 18.4 Å². The van der Waals surface area contributed by atoms with Crippen molar-refractivity contribution in [1.29, 1.82) is 0 Å². The molecule has 1 aliphatic rings. The van der Waals surface area contributed by atoms with Gasteiger partial charge in [0, 0.05) is 13.5 Å². The minimum atomic E-state index is 0.133. The molecule has 5 heteroatoms. The molecule has 0 saturated heterocycles. The quantitative estimate of drug-likeness (QED) is 0.594. The van der Waals surface area contributed by atoms with Crippen molar-refractivity contribution in [3.63, 3.8) is 0 Å². The first kappa shape index (κ1) is 14.5. The Morgan fingerprint density at radius 1 is 1.53 bits per heavy atom. The van der Waals surface area contributed by atoms with E-state index in [0.717, 1.165) is 17.3 Å². The first-order valence-corrected chi connectivity index (χ1v) is 7.43. The Bertz CT molecular complexity index is 480. The van der Waals surface area contributed by atoms with Crippen molar-refractivity contribution in [2.45, 2.75) is 38.6 Å². The molecule has 1 aliphatic carbocycles. The van der Waals surface area contributed by atoms with E-state index < -0.39 is 0 Å². The van der Waals surface area contributed by atoms with Crippen LogP contribution in [0, 0.1) is 0 Å². The summed E-state index contributed by atoms with van der Waals surface area (Å²) in [6.45, 7) is 1.15. The third-order valence-electron chi connectivity index (χ3n) is 3.34. The van der Waals surface area contributed by atoms with Crippen LogP contribution >= 0.6 is 15.9 Å². The van der Waals surface area contributed by atoms with Gasteiger partial charge in [0.25, 0.3) is 0 Å². The number of nitrogens with zero attached hydrogens (tertiary/aromatic N) is 2. The molecule has 0 spiro atoms. The van der Waals surface area contributed by atoms with E-state index in [2.05, 4.69) is 27.1 Å². The van der Waals surface area contributed by atoms with E-state index in [9.17, 15) is 4.79 Å². The first-order chi connectivity index (χ1) is 9.22. The maximum absolute atomic E-state index is 12.4. The van der Waals surface area contributed by atoms with Gasteiger partial charge in [-0.25, -0.2) is 0 Å². The lowest BCUT2D eigenvalue weighted by molar-refractivity contribution is 0.0977. The predicted octanol–water partition coefficient (Wildman–Crippen LogP) is 3.37. The van der Waals surface area contributed by atoms with E-state index in [1.54, 1.807) is 18.0 Å². The number of methoxy groups -OCH3 is 1. The van der Waals surface area contributed by atoms with E-state index in [-0.39, 0.29) is 5.78 Å². The molecule has 0 radical (unpaired) electrons. The van der Waals surface area contributed by atoms with Crippen LogP contribution in [-0.2, 0) is 11.3 Å². The van der Waals surface area contributed by atoms with Gasteiger partial charge in [-0.3, -0.25) is 9.48 Å². The Morgan fingerprint density at radius 2 is 2.37 bits per heavy atom. The molecule has 0 amide bonds. The smallest absolute Gasteiger partial charge is 0.186 e. The van der Waals surface area contributed by atoms with Crippen LogP contribution in [0.4, 0.5) is 0 Å². The van der Waals surface area contributed by atoms with Gasteiger partial charge in [0.2, 0.25) is 0 Å². The fourth-order valence-electron chi connectivity index (χ4n) is 2.34. The van der Waals surface area contributed by atoms with Crippen molar-refractivity contribution in [1.82, 2.24) is 9.78 Å². The summed E-state index contributed by atoms with van der Waals surface area (Å²) in [5, 5.41) is 4.22. The first-order valence-electron chi connectivity index (χ1n) is 6.63. The van der Waals surface area contributed by atoms with Crippen LogP contribution in [-0.4, -0.2) is 29.3 Å². The summed E-state index contributed by atoms with van der Waals surface area (Å²) in [4.78, 5) is 12.4.